The van der Waals surface area contributed by atoms with E-state index in [0.717, 1.165) is 24.8 Å². The van der Waals surface area contributed by atoms with Crippen LogP contribution in [0.5, 0.6) is 0 Å². The third-order valence-corrected chi connectivity index (χ3v) is 4.21. The summed E-state index contributed by atoms with van der Waals surface area (Å²) in [6, 6.07) is 0. The minimum Gasteiger partial charge on any atom is -0.349 e. The second-order valence-corrected chi connectivity index (χ2v) is 6.96. The lowest BCUT2D eigenvalue weighted by atomic mass is 10.2. The molecule has 1 aromatic rings. The molecule has 0 aliphatic carbocycles. The van der Waals surface area contributed by atoms with Crippen molar-refractivity contribution in [3.63, 3.8) is 0 Å². The van der Waals surface area contributed by atoms with Crippen LogP contribution >= 0.6 is 35.7 Å². The summed E-state index contributed by atoms with van der Waals surface area (Å²) in [4.78, 5) is 10.8. The Bertz CT molecular complexity index is 462. The monoisotopic (exact) mass is 411 g/mol. The predicted molar refractivity (Wildman–Crippen MR) is 92.8 cm³/mol. The van der Waals surface area contributed by atoms with E-state index in [1.807, 2.05) is 11.8 Å². The van der Waals surface area contributed by atoms with Crippen LogP contribution in [0.2, 0.25) is 0 Å². The van der Waals surface area contributed by atoms with E-state index in [1.54, 1.807) is 14.0 Å². The molecule has 2 heterocycles. The quantitative estimate of drug-likeness (QED) is 0.456. The van der Waals surface area contributed by atoms with Gasteiger partial charge in [0.05, 0.1) is 6.54 Å². The van der Waals surface area contributed by atoms with Crippen molar-refractivity contribution < 1.29 is 4.52 Å². The highest BCUT2D eigenvalue weighted by Crippen LogP contribution is 2.29. The van der Waals surface area contributed by atoms with E-state index >= 15 is 0 Å². The molecule has 0 bridgehead atoms. The molecule has 20 heavy (non-hydrogen) atoms. The highest BCUT2D eigenvalue weighted by molar-refractivity contribution is 14.0. The Morgan fingerprint density at radius 3 is 2.85 bits per heavy atom. The Morgan fingerprint density at radius 2 is 2.30 bits per heavy atom. The summed E-state index contributed by atoms with van der Waals surface area (Å²) >= 11 is 2.01. The smallest absolute Gasteiger partial charge is 0.223 e. The van der Waals surface area contributed by atoms with Crippen LogP contribution < -0.4 is 5.32 Å². The van der Waals surface area contributed by atoms with Gasteiger partial charge in [0.1, 0.15) is 0 Å². The molecule has 0 unspecified atom stereocenters. The Balaban J connectivity index is 0.00000200. The molecular formula is C12H22IN5OS. The zero-order valence-electron chi connectivity index (χ0n) is 12.3. The Hall–Kier alpha value is -0.510. The van der Waals surface area contributed by atoms with E-state index in [9.17, 15) is 0 Å². The summed E-state index contributed by atoms with van der Waals surface area (Å²) < 4.78 is 5.21. The van der Waals surface area contributed by atoms with Crippen LogP contribution in [0.4, 0.5) is 0 Å². The number of hydrogen-bond donors (Lipinski definition) is 1. The zero-order valence-corrected chi connectivity index (χ0v) is 15.5. The molecular weight excluding hydrogens is 389 g/mol. The first kappa shape index (κ1) is 17.5. The molecule has 1 aromatic heterocycles. The number of nitrogens with one attached hydrogen (secondary N) is 1. The van der Waals surface area contributed by atoms with Gasteiger partial charge >= 0.3 is 0 Å². The van der Waals surface area contributed by atoms with Gasteiger partial charge in [-0.15, -0.1) is 24.0 Å². The summed E-state index contributed by atoms with van der Waals surface area (Å²) in [5, 5.41) is 7.16. The Labute approximate surface area is 141 Å². The number of guanidine groups is 1. The van der Waals surface area contributed by atoms with E-state index in [2.05, 4.69) is 39.2 Å². The van der Waals surface area contributed by atoms with Crippen LogP contribution in [0.1, 0.15) is 25.6 Å². The van der Waals surface area contributed by atoms with Crippen molar-refractivity contribution in [2.24, 2.45) is 4.99 Å². The average Bonchev–Trinajstić information content (AvgIpc) is 2.75. The number of aryl methyl sites for hydroxylation is 1. The van der Waals surface area contributed by atoms with Crippen molar-refractivity contribution in [2.75, 3.05) is 25.9 Å². The van der Waals surface area contributed by atoms with Crippen LogP contribution in [-0.2, 0) is 6.54 Å². The van der Waals surface area contributed by atoms with E-state index in [1.165, 1.54) is 0 Å². The largest absolute Gasteiger partial charge is 0.349 e. The fourth-order valence-electron chi connectivity index (χ4n) is 2.10. The molecule has 1 N–H and O–H groups in total. The SMILES string of the molecule is CN=C(NCc1noc(C)n1)N1CCSC(C)(C)C1.I. The molecule has 0 saturated carbocycles. The number of rotatable bonds is 2. The number of hydrogen-bond acceptors (Lipinski definition) is 5. The van der Waals surface area contributed by atoms with Gasteiger partial charge in [-0.05, 0) is 13.8 Å². The number of halogens is 1. The lowest BCUT2D eigenvalue weighted by molar-refractivity contribution is 0.371. The number of aromatic nitrogens is 2. The fraction of sp³-hybridized carbons (Fsp3) is 0.750. The van der Waals surface area contributed by atoms with Gasteiger partial charge < -0.3 is 14.7 Å². The normalized spacial score (nSPS) is 18.6. The van der Waals surface area contributed by atoms with Crippen molar-refractivity contribution in [1.82, 2.24) is 20.4 Å². The maximum absolute atomic E-state index is 4.95. The molecule has 8 heteroatoms. The van der Waals surface area contributed by atoms with Gasteiger partial charge in [0.25, 0.3) is 0 Å². The summed E-state index contributed by atoms with van der Waals surface area (Å²) in [6.45, 7) is 8.85. The lowest BCUT2D eigenvalue weighted by Crippen LogP contribution is -2.50. The maximum Gasteiger partial charge on any atom is 0.223 e. The maximum atomic E-state index is 4.95. The Morgan fingerprint density at radius 1 is 1.55 bits per heavy atom. The first-order valence-corrected chi connectivity index (χ1v) is 7.37. The van der Waals surface area contributed by atoms with Crippen molar-refractivity contribution >= 4 is 41.7 Å². The van der Waals surface area contributed by atoms with Gasteiger partial charge in [-0.25, -0.2) is 0 Å². The van der Waals surface area contributed by atoms with Crippen molar-refractivity contribution in [2.45, 2.75) is 32.1 Å². The molecule has 0 atom stereocenters. The summed E-state index contributed by atoms with van der Waals surface area (Å²) in [7, 11) is 1.80. The molecule has 0 amide bonds. The van der Waals surface area contributed by atoms with E-state index in [-0.39, 0.29) is 28.7 Å². The molecule has 0 radical (unpaired) electrons. The number of nitrogens with zero attached hydrogens (tertiary/aromatic N) is 4. The van der Waals surface area contributed by atoms with Gasteiger partial charge in [-0.2, -0.15) is 16.7 Å². The molecule has 1 aliphatic rings. The topological polar surface area (TPSA) is 66.5 Å². The lowest BCUT2D eigenvalue weighted by Gasteiger charge is -2.39. The summed E-state index contributed by atoms with van der Waals surface area (Å²) in [5.41, 5.74) is 0. The minimum atomic E-state index is 0. The fourth-order valence-corrected chi connectivity index (χ4v) is 3.21. The minimum absolute atomic E-state index is 0. The summed E-state index contributed by atoms with van der Waals surface area (Å²) in [5.74, 6) is 3.26. The van der Waals surface area contributed by atoms with Crippen molar-refractivity contribution in [1.29, 1.82) is 0 Å². The molecule has 0 aromatic carbocycles. The highest BCUT2D eigenvalue weighted by atomic mass is 127. The van der Waals surface area contributed by atoms with Crippen LogP contribution in [0, 0.1) is 6.92 Å². The van der Waals surface area contributed by atoms with Crippen LogP contribution in [0.3, 0.4) is 0 Å². The molecule has 1 aliphatic heterocycles. The van der Waals surface area contributed by atoms with Gasteiger partial charge in [0.15, 0.2) is 11.8 Å². The van der Waals surface area contributed by atoms with Gasteiger partial charge in [0.2, 0.25) is 5.89 Å². The van der Waals surface area contributed by atoms with Crippen molar-refractivity contribution in [3.05, 3.63) is 11.7 Å². The highest BCUT2D eigenvalue weighted by Gasteiger charge is 2.28. The molecule has 1 saturated heterocycles. The second kappa shape index (κ2) is 7.48. The molecule has 1 fully saturated rings. The average molecular weight is 411 g/mol. The van der Waals surface area contributed by atoms with Crippen molar-refractivity contribution in [3.8, 4) is 0 Å². The van der Waals surface area contributed by atoms with E-state index in [0.29, 0.717) is 18.3 Å². The third-order valence-electron chi connectivity index (χ3n) is 2.91. The van der Waals surface area contributed by atoms with Crippen LogP contribution in [-0.4, -0.2) is 51.6 Å². The number of thioether (sulfide) groups is 1. The molecule has 114 valence electrons. The molecule has 2 rings (SSSR count). The summed E-state index contributed by atoms with van der Waals surface area (Å²) in [6.07, 6.45) is 0. The third kappa shape index (κ3) is 4.80. The van der Waals surface area contributed by atoms with Gasteiger partial charge in [0, 0.05) is 37.6 Å². The van der Waals surface area contributed by atoms with Gasteiger partial charge in [-0.1, -0.05) is 5.16 Å². The first-order valence-electron chi connectivity index (χ1n) is 6.39. The standard InChI is InChI=1S/C12H21N5OS.HI/c1-9-15-10(16-18-9)7-14-11(13-4)17-5-6-19-12(2,3)8-17;/h5-8H2,1-4H3,(H,13,14);1H. The predicted octanol–water partition coefficient (Wildman–Crippen LogP) is 1.90. The number of aliphatic imine (C=N–C) groups is 1. The van der Waals surface area contributed by atoms with E-state index < -0.39 is 0 Å². The van der Waals surface area contributed by atoms with E-state index in [4.69, 9.17) is 4.52 Å². The van der Waals surface area contributed by atoms with Crippen LogP contribution in [0.15, 0.2) is 9.52 Å². The molecule has 0 spiro atoms. The zero-order chi connectivity index (χ0) is 13.9. The Kier molecular flexibility index (Phi) is 6.56. The second-order valence-electron chi connectivity index (χ2n) is 5.16. The molecule has 6 nitrogen and oxygen atoms in total. The van der Waals surface area contributed by atoms with Crippen LogP contribution in [0.25, 0.3) is 0 Å². The first-order chi connectivity index (χ1) is 9.00. The van der Waals surface area contributed by atoms with Gasteiger partial charge in [-0.3, -0.25) is 4.99 Å².